The van der Waals surface area contributed by atoms with Gasteiger partial charge < -0.3 is 10.5 Å². The lowest BCUT2D eigenvalue weighted by Crippen LogP contribution is -2.22. The summed E-state index contributed by atoms with van der Waals surface area (Å²) in [5.74, 6) is -1.27. The Labute approximate surface area is 65.7 Å². The molecule has 4 heteroatoms. The van der Waals surface area contributed by atoms with Gasteiger partial charge in [0.1, 0.15) is 0 Å². The molecule has 2 N–H and O–H groups in total. The van der Waals surface area contributed by atoms with Gasteiger partial charge >= 0.3 is 5.97 Å². The van der Waals surface area contributed by atoms with Gasteiger partial charge in [-0.3, -0.25) is 9.59 Å². The summed E-state index contributed by atoms with van der Waals surface area (Å²) in [7, 11) is 0. The van der Waals surface area contributed by atoms with E-state index in [1.807, 2.05) is 0 Å². The first-order valence-corrected chi connectivity index (χ1v) is 3.52. The number of ether oxygens (including phenoxy) is 1. The van der Waals surface area contributed by atoms with Crippen molar-refractivity contribution in [2.75, 3.05) is 6.61 Å². The Balaban J connectivity index is 3.73. The maximum Gasteiger partial charge on any atom is 0.309 e. The molecule has 0 aliphatic carbocycles. The summed E-state index contributed by atoms with van der Waals surface area (Å²) < 4.78 is 4.66. The summed E-state index contributed by atoms with van der Waals surface area (Å²) in [6.07, 6.45) is 0.0544. The van der Waals surface area contributed by atoms with E-state index in [1.54, 1.807) is 13.8 Å². The van der Waals surface area contributed by atoms with E-state index in [2.05, 4.69) is 4.74 Å². The molecule has 0 bridgehead atoms. The first-order chi connectivity index (χ1) is 5.07. The first kappa shape index (κ1) is 9.94. The second kappa shape index (κ2) is 4.71. The minimum atomic E-state index is -0.481. The van der Waals surface area contributed by atoms with E-state index in [1.165, 1.54) is 0 Å². The van der Waals surface area contributed by atoms with Gasteiger partial charge in [0, 0.05) is 6.42 Å². The van der Waals surface area contributed by atoms with Gasteiger partial charge in [0.25, 0.3) is 0 Å². The average Bonchev–Trinajstić information content (AvgIpc) is 1.86. The largest absolute Gasteiger partial charge is 0.466 e. The molecule has 0 aliphatic rings. The van der Waals surface area contributed by atoms with Gasteiger partial charge in [-0.25, -0.2) is 0 Å². The van der Waals surface area contributed by atoms with Crippen molar-refractivity contribution in [3.8, 4) is 0 Å². The molecule has 0 heterocycles. The van der Waals surface area contributed by atoms with Crippen molar-refractivity contribution >= 4 is 11.9 Å². The molecule has 0 rings (SSSR count). The number of carbonyl (C=O) groups excluding carboxylic acids is 2. The van der Waals surface area contributed by atoms with Crippen LogP contribution in [0.4, 0.5) is 0 Å². The van der Waals surface area contributed by atoms with Crippen molar-refractivity contribution in [3.63, 3.8) is 0 Å². The van der Waals surface area contributed by atoms with Crippen LogP contribution in [0.2, 0.25) is 0 Å². The van der Waals surface area contributed by atoms with E-state index < -0.39 is 11.8 Å². The van der Waals surface area contributed by atoms with Gasteiger partial charge in [-0.1, -0.05) is 6.92 Å². The summed E-state index contributed by atoms with van der Waals surface area (Å²) in [4.78, 5) is 21.2. The van der Waals surface area contributed by atoms with E-state index in [0.717, 1.165) is 0 Å². The lowest BCUT2D eigenvalue weighted by atomic mass is 10.1. The molecule has 0 saturated heterocycles. The molecule has 0 aromatic heterocycles. The number of esters is 1. The molecular formula is C7H13NO3. The molecule has 4 nitrogen and oxygen atoms in total. The van der Waals surface area contributed by atoms with Crippen molar-refractivity contribution in [2.45, 2.75) is 20.3 Å². The Morgan fingerprint density at radius 2 is 2.09 bits per heavy atom. The van der Waals surface area contributed by atoms with Crippen molar-refractivity contribution in [3.05, 3.63) is 0 Å². The SMILES string of the molecule is CCOC(=O)C(C)CC(N)=O. The zero-order valence-electron chi connectivity index (χ0n) is 6.79. The molecular weight excluding hydrogens is 146 g/mol. The highest BCUT2D eigenvalue weighted by atomic mass is 16.5. The van der Waals surface area contributed by atoms with Crippen molar-refractivity contribution in [2.24, 2.45) is 11.7 Å². The van der Waals surface area contributed by atoms with Gasteiger partial charge in [-0.15, -0.1) is 0 Å². The highest BCUT2D eigenvalue weighted by Crippen LogP contribution is 2.02. The van der Waals surface area contributed by atoms with E-state index in [9.17, 15) is 9.59 Å². The normalized spacial score (nSPS) is 12.2. The fourth-order valence-electron chi connectivity index (χ4n) is 0.670. The highest BCUT2D eigenvalue weighted by molar-refractivity contribution is 5.81. The fraction of sp³-hybridized carbons (Fsp3) is 0.714. The molecule has 1 atom stereocenters. The summed E-state index contributed by atoms with van der Waals surface area (Å²) >= 11 is 0. The standard InChI is InChI=1S/C7H13NO3/c1-3-11-7(10)5(2)4-6(8)9/h5H,3-4H2,1-2H3,(H2,8,9). The van der Waals surface area contributed by atoms with Crippen LogP contribution in [-0.2, 0) is 14.3 Å². The Hall–Kier alpha value is -1.06. The van der Waals surface area contributed by atoms with Crippen LogP contribution in [0.5, 0.6) is 0 Å². The van der Waals surface area contributed by atoms with Crippen LogP contribution < -0.4 is 5.73 Å². The first-order valence-electron chi connectivity index (χ1n) is 3.52. The van der Waals surface area contributed by atoms with Crippen LogP contribution >= 0.6 is 0 Å². The number of hydrogen-bond donors (Lipinski definition) is 1. The van der Waals surface area contributed by atoms with E-state index in [-0.39, 0.29) is 12.4 Å². The lowest BCUT2D eigenvalue weighted by molar-refractivity contribution is -0.148. The molecule has 11 heavy (non-hydrogen) atoms. The molecule has 0 aliphatic heterocycles. The van der Waals surface area contributed by atoms with Gasteiger partial charge in [-0.05, 0) is 6.92 Å². The quantitative estimate of drug-likeness (QED) is 0.590. The maximum atomic E-state index is 10.8. The lowest BCUT2D eigenvalue weighted by Gasteiger charge is -2.06. The van der Waals surface area contributed by atoms with Gasteiger partial charge in [0.2, 0.25) is 5.91 Å². The van der Waals surface area contributed by atoms with Crippen LogP contribution in [0.1, 0.15) is 20.3 Å². The maximum absolute atomic E-state index is 10.8. The number of hydrogen-bond acceptors (Lipinski definition) is 3. The number of carbonyl (C=O) groups is 2. The number of nitrogens with two attached hydrogens (primary N) is 1. The van der Waals surface area contributed by atoms with Gasteiger partial charge in [0.15, 0.2) is 0 Å². The van der Waals surface area contributed by atoms with Crippen LogP contribution in [0.25, 0.3) is 0 Å². The number of amides is 1. The van der Waals surface area contributed by atoms with E-state index >= 15 is 0 Å². The van der Waals surface area contributed by atoms with Crippen LogP contribution in [0.3, 0.4) is 0 Å². The molecule has 1 amide bonds. The van der Waals surface area contributed by atoms with Crippen molar-refractivity contribution < 1.29 is 14.3 Å². The van der Waals surface area contributed by atoms with Crippen molar-refractivity contribution in [1.82, 2.24) is 0 Å². The monoisotopic (exact) mass is 159 g/mol. The molecule has 0 aromatic carbocycles. The molecule has 0 spiro atoms. The zero-order valence-corrected chi connectivity index (χ0v) is 6.79. The summed E-state index contributed by atoms with van der Waals surface area (Å²) in [5, 5.41) is 0. The zero-order chi connectivity index (χ0) is 8.85. The molecule has 0 aromatic rings. The Morgan fingerprint density at radius 1 is 1.55 bits per heavy atom. The topological polar surface area (TPSA) is 69.4 Å². The third-order valence-electron chi connectivity index (χ3n) is 1.20. The smallest absolute Gasteiger partial charge is 0.309 e. The van der Waals surface area contributed by atoms with Crippen LogP contribution in [0, 0.1) is 5.92 Å². The van der Waals surface area contributed by atoms with Gasteiger partial charge in [0.05, 0.1) is 12.5 Å². The van der Waals surface area contributed by atoms with Crippen LogP contribution in [0.15, 0.2) is 0 Å². The Kier molecular flexibility index (Phi) is 4.26. The van der Waals surface area contributed by atoms with Gasteiger partial charge in [-0.2, -0.15) is 0 Å². The van der Waals surface area contributed by atoms with E-state index in [4.69, 9.17) is 5.73 Å². The summed E-state index contributed by atoms with van der Waals surface area (Å²) in [6, 6.07) is 0. The predicted molar refractivity (Wildman–Crippen MR) is 39.6 cm³/mol. The minimum Gasteiger partial charge on any atom is -0.466 e. The third-order valence-corrected chi connectivity index (χ3v) is 1.20. The number of rotatable bonds is 4. The molecule has 1 unspecified atom stereocenters. The third kappa shape index (κ3) is 4.36. The van der Waals surface area contributed by atoms with Crippen LogP contribution in [-0.4, -0.2) is 18.5 Å². The second-order valence-corrected chi connectivity index (χ2v) is 2.32. The average molecular weight is 159 g/mol. The number of primary amides is 1. The Bertz CT molecular complexity index is 156. The summed E-state index contributed by atoms with van der Waals surface area (Å²) in [5.41, 5.74) is 4.88. The molecule has 0 saturated carbocycles. The summed E-state index contributed by atoms with van der Waals surface area (Å²) in [6.45, 7) is 3.67. The minimum absolute atomic E-state index is 0.0544. The molecule has 0 fully saturated rings. The molecule has 64 valence electrons. The van der Waals surface area contributed by atoms with Crippen molar-refractivity contribution in [1.29, 1.82) is 0 Å². The second-order valence-electron chi connectivity index (χ2n) is 2.32. The predicted octanol–water partition coefficient (Wildman–Crippen LogP) is 0.0610. The fourth-order valence-corrected chi connectivity index (χ4v) is 0.670. The molecule has 0 radical (unpaired) electrons. The van der Waals surface area contributed by atoms with E-state index in [0.29, 0.717) is 6.61 Å². The Morgan fingerprint density at radius 3 is 2.45 bits per heavy atom. The highest BCUT2D eigenvalue weighted by Gasteiger charge is 2.15.